The standard InChI is InChI=1S/C28H28N8O4/c1-16(29)32-15-33-26-24-23(21(39-3)14-31-26)20(13-30-24)25(37)28(38)36-11-9-19(10-12-36)22(18-7-5-4-6-8-18)27-35-34-17(2)40-27/h4-8,13-15,30H,9-12H2,1-3H3,(H2,29,31,32,33)/p+1. The minimum atomic E-state index is -0.634. The van der Waals surface area contributed by atoms with Crippen molar-refractivity contribution in [2.45, 2.75) is 26.7 Å². The second-order valence-corrected chi connectivity index (χ2v) is 9.26. The Morgan fingerprint density at radius 1 is 1.20 bits per heavy atom. The van der Waals surface area contributed by atoms with E-state index < -0.39 is 11.7 Å². The number of nitrogens with one attached hydrogen (secondary N) is 2. The van der Waals surface area contributed by atoms with Gasteiger partial charge < -0.3 is 24.8 Å². The van der Waals surface area contributed by atoms with E-state index in [4.69, 9.17) is 14.9 Å². The third kappa shape index (κ3) is 5.23. The first-order valence-electron chi connectivity index (χ1n) is 12.7. The second-order valence-electron chi connectivity index (χ2n) is 9.26. The Morgan fingerprint density at radius 2 is 1.95 bits per heavy atom. The summed E-state index contributed by atoms with van der Waals surface area (Å²) in [5, 5.41) is 8.69. The summed E-state index contributed by atoms with van der Waals surface area (Å²) in [7, 11) is 1.48. The van der Waals surface area contributed by atoms with Gasteiger partial charge in [0.2, 0.25) is 18.1 Å². The largest absolute Gasteiger partial charge is 0.493 e. The number of ketones is 1. The number of nitrogens with two attached hydrogens (primary N) is 1. The van der Waals surface area contributed by atoms with Gasteiger partial charge in [-0.25, -0.2) is 4.99 Å². The van der Waals surface area contributed by atoms with Gasteiger partial charge in [0.15, 0.2) is 11.6 Å². The molecule has 0 bridgehead atoms. The van der Waals surface area contributed by atoms with E-state index >= 15 is 0 Å². The molecule has 0 aliphatic carbocycles. The Balaban J connectivity index is 1.40. The number of pyridine rings is 1. The molecule has 40 heavy (non-hydrogen) atoms. The molecule has 0 atom stereocenters. The molecule has 0 spiro atoms. The lowest BCUT2D eigenvalue weighted by Gasteiger charge is -2.29. The summed E-state index contributed by atoms with van der Waals surface area (Å²) in [4.78, 5) is 42.7. The number of aromatic amines is 1. The number of amides is 1. The van der Waals surface area contributed by atoms with Crippen LogP contribution in [-0.4, -0.2) is 69.1 Å². The van der Waals surface area contributed by atoms with Gasteiger partial charge in [-0.05, 0) is 18.4 Å². The van der Waals surface area contributed by atoms with Crippen molar-refractivity contribution in [1.82, 2.24) is 25.1 Å². The third-order valence-corrected chi connectivity index (χ3v) is 6.61. The number of rotatable bonds is 7. The molecule has 4 aromatic rings. The van der Waals surface area contributed by atoms with E-state index in [0.29, 0.717) is 66.0 Å². The number of Topliss-reactive ketones (excluding diaryl/α,β-unsaturated/α-hetero) is 1. The number of methoxy groups -OCH3 is 1. The topological polar surface area (TPSA) is 167 Å². The normalized spacial score (nSPS) is 14.2. The predicted molar refractivity (Wildman–Crippen MR) is 148 cm³/mol. The summed E-state index contributed by atoms with van der Waals surface area (Å²) in [6.07, 6.45) is 5.51. The lowest BCUT2D eigenvalue weighted by molar-refractivity contribution is -0.351. The Hall–Kier alpha value is -5.13. The molecule has 12 heteroatoms. The SMILES string of the molecule is COc1cnc([NH+]=CN=C(C)N)c2[nH]cc(C(=O)C(=O)N3CCC(=C(c4ccccc4)c4nnc(C)o4)CC3)c12. The maximum atomic E-state index is 13.5. The molecule has 0 unspecified atom stereocenters. The van der Waals surface area contributed by atoms with E-state index in [-0.39, 0.29) is 5.56 Å². The Labute approximate surface area is 229 Å². The Kier molecular flexibility index (Phi) is 7.49. The summed E-state index contributed by atoms with van der Waals surface area (Å²) >= 11 is 0. The minimum Gasteiger partial charge on any atom is -0.493 e. The minimum absolute atomic E-state index is 0.202. The van der Waals surface area contributed by atoms with Gasteiger partial charge in [0.05, 0.1) is 18.1 Å². The van der Waals surface area contributed by atoms with E-state index in [1.807, 2.05) is 30.3 Å². The molecule has 3 aromatic heterocycles. The average molecular weight is 542 g/mol. The van der Waals surface area contributed by atoms with E-state index in [2.05, 4.69) is 30.2 Å². The van der Waals surface area contributed by atoms with Gasteiger partial charge in [-0.15, -0.1) is 15.2 Å². The Morgan fingerprint density at radius 3 is 2.60 bits per heavy atom. The van der Waals surface area contributed by atoms with Crippen LogP contribution in [0.5, 0.6) is 5.75 Å². The molecule has 1 aliphatic heterocycles. The van der Waals surface area contributed by atoms with E-state index in [1.54, 1.807) is 18.7 Å². The second kappa shape index (κ2) is 11.3. The molecule has 204 valence electrons. The van der Waals surface area contributed by atoms with Crippen molar-refractivity contribution < 1.29 is 23.7 Å². The predicted octanol–water partition coefficient (Wildman–Crippen LogP) is 1.69. The van der Waals surface area contributed by atoms with Crippen LogP contribution in [0.3, 0.4) is 0 Å². The van der Waals surface area contributed by atoms with Crippen molar-refractivity contribution in [3.63, 3.8) is 0 Å². The lowest BCUT2D eigenvalue weighted by atomic mass is 9.92. The zero-order valence-electron chi connectivity index (χ0n) is 22.4. The maximum absolute atomic E-state index is 13.5. The number of likely N-dealkylation sites (tertiary alicyclic amines) is 1. The van der Waals surface area contributed by atoms with Gasteiger partial charge in [-0.1, -0.05) is 40.9 Å². The van der Waals surface area contributed by atoms with Crippen molar-refractivity contribution in [3.8, 4) is 5.75 Å². The number of H-pyrrole nitrogens is 1. The molecule has 1 aromatic carbocycles. The van der Waals surface area contributed by atoms with Crippen molar-refractivity contribution in [3.05, 3.63) is 71.2 Å². The summed E-state index contributed by atoms with van der Waals surface area (Å²) in [6, 6.07) is 9.83. The number of fused-ring (bicyclic) bond motifs is 1. The number of hydrogen-bond donors (Lipinski definition) is 3. The molecule has 4 heterocycles. The van der Waals surface area contributed by atoms with Gasteiger partial charge in [0.1, 0.15) is 11.7 Å². The van der Waals surface area contributed by atoms with Crippen LogP contribution in [0.4, 0.5) is 5.82 Å². The van der Waals surface area contributed by atoms with E-state index in [1.165, 1.54) is 25.8 Å². The summed E-state index contributed by atoms with van der Waals surface area (Å²) in [5.74, 6) is 0.844. The molecular weight excluding hydrogens is 512 g/mol. The Bertz CT molecular complexity index is 1650. The zero-order valence-corrected chi connectivity index (χ0v) is 22.4. The fraction of sp³-hybridized carbons (Fsp3) is 0.250. The van der Waals surface area contributed by atoms with E-state index in [0.717, 1.165) is 16.7 Å². The average Bonchev–Trinajstić information content (AvgIpc) is 3.60. The van der Waals surface area contributed by atoms with Crippen LogP contribution in [0.15, 0.2) is 57.7 Å². The zero-order chi connectivity index (χ0) is 28.2. The maximum Gasteiger partial charge on any atom is 0.295 e. The van der Waals surface area contributed by atoms with Crippen molar-refractivity contribution in [2.75, 3.05) is 20.2 Å². The highest BCUT2D eigenvalue weighted by Crippen LogP contribution is 2.33. The summed E-state index contributed by atoms with van der Waals surface area (Å²) < 4.78 is 11.2. The van der Waals surface area contributed by atoms with Gasteiger partial charge in [0.25, 0.3) is 17.5 Å². The number of hydrogen-bond acceptors (Lipinski definition) is 7. The molecule has 1 amide bonds. The quantitative estimate of drug-likeness (QED) is 0.138. The molecule has 0 radical (unpaired) electrons. The lowest BCUT2D eigenvalue weighted by Crippen LogP contribution is -2.62. The van der Waals surface area contributed by atoms with Crippen molar-refractivity contribution in [1.29, 1.82) is 0 Å². The highest BCUT2D eigenvalue weighted by atomic mass is 16.5. The molecule has 1 aliphatic rings. The number of carbonyl (C=O) groups is 2. The number of piperidine rings is 1. The van der Waals surface area contributed by atoms with Crippen LogP contribution in [0.1, 0.15) is 47.5 Å². The van der Waals surface area contributed by atoms with Crippen LogP contribution >= 0.6 is 0 Å². The molecule has 1 saturated heterocycles. The molecule has 5 rings (SSSR count). The number of aliphatic imine (C=N–C) groups is 1. The van der Waals surface area contributed by atoms with Gasteiger partial charge in [-0.3, -0.25) is 9.59 Å². The highest BCUT2D eigenvalue weighted by molar-refractivity contribution is 6.45. The molecule has 12 nitrogen and oxygen atoms in total. The van der Waals surface area contributed by atoms with Crippen LogP contribution < -0.4 is 15.5 Å². The number of aryl methyl sites for hydroxylation is 1. The summed E-state index contributed by atoms with van der Waals surface area (Å²) in [6.45, 7) is 4.16. The smallest absolute Gasteiger partial charge is 0.295 e. The van der Waals surface area contributed by atoms with Crippen molar-refractivity contribution >= 4 is 46.2 Å². The first-order valence-corrected chi connectivity index (χ1v) is 12.7. The van der Waals surface area contributed by atoms with Gasteiger partial charge >= 0.3 is 0 Å². The first kappa shape index (κ1) is 26.5. The molecule has 1 fully saturated rings. The number of nitrogens with zero attached hydrogens (tertiary/aromatic N) is 5. The van der Waals surface area contributed by atoms with Gasteiger partial charge in [0, 0.05) is 38.7 Å². The number of benzene rings is 1. The number of amidine groups is 1. The molecular formula is C28H29N8O4+. The summed E-state index contributed by atoms with van der Waals surface area (Å²) in [5.41, 5.74) is 9.21. The van der Waals surface area contributed by atoms with Crippen LogP contribution in [0.25, 0.3) is 16.5 Å². The third-order valence-electron chi connectivity index (χ3n) is 6.61. The highest BCUT2D eigenvalue weighted by Gasteiger charge is 2.31. The van der Waals surface area contributed by atoms with Crippen LogP contribution in [0, 0.1) is 6.92 Å². The number of aromatic nitrogens is 4. The monoisotopic (exact) mass is 541 g/mol. The van der Waals surface area contributed by atoms with Crippen LogP contribution in [-0.2, 0) is 4.79 Å². The van der Waals surface area contributed by atoms with Gasteiger partial charge in [-0.2, -0.15) is 0 Å². The number of carbonyl (C=O) groups excluding carboxylic acids is 2. The molecule has 0 saturated carbocycles. The molecule has 4 N–H and O–H groups in total. The number of ether oxygens (including phenoxy) is 1. The first-order chi connectivity index (χ1) is 19.4. The fourth-order valence-corrected chi connectivity index (χ4v) is 4.73. The van der Waals surface area contributed by atoms with E-state index in [9.17, 15) is 9.59 Å². The van der Waals surface area contributed by atoms with Crippen LogP contribution in [0.2, 0.25) is 0 Å². The van der Waals surface area contributed by atoms with Crippen molar-refractivity contribution in [2.24, 2.45) is 10.7 Å². The fourth-order valence-electron chi connectivity index (χ4n) is 4.73.